The summed E-state index contributed by atoms with van der Waals surface area (Å²) in [6.45, 7) is 1.58. The van der Waals surface area contributed by atoms with Crippen LogP contribution < -0.4 is 10.6 Å². The van der Waals surface area contributed by atoms with E-state index in [1.807, 2.05) is 0 Å². The van der Waals surface area contributed by atoms with Crippen molar-refractivity contribution in [1.29, 1.82) is 0 Å². The van der Waals surface area contributed by atoms with E-state index in [0.717, 1.165) is 18.2 Å². The monoisotopic (exact) mass is 570 g/mol. The molecule has 0 radical (unpaired) electrons. The van der Waals surface area contributed by atoms with Gasteiger partial charge >= 0.3 is 0 Å². The van der Waals surface area contributed by atoms with Gasteiger partial charge in [0.05, 0.1) is 33.3 Å². The minimum absolute atomic E-state index is 0.00567. The van der Waals surface area contributed by atoms with Crippen LogP contribution in [0.25, 0.3) is 0 Å². The van der Waals surface area contributed by atoms with E-state index in [2.05, 4.69) is 10.6 Å². The molecule has 4 rings (SSSR count). The molecule has 0 aliphatic heterocycles. The SMILES string of the molecule is C[C@H](O)CNC(=O)C[C@]1(O)C2CC[C@@H]1C[C@@H](S(=O)(=O)c1cc(C(=O)Nc3ccc(F)c(F)c3)ccc1Cl)C2. The van der Waals surface area contributed by atoms with Gasteiger partial charge in [0.1, 0.15) is 0 Å². The number of carbonyl (C=O) groups excluding carboxylic acids is 2. The van der Waals surface area contributed by atoms with Crippen LogP contribution in [0.4, 0.5) is 14.5 Å². The Labute approximate surface area is 224 Å². The number of aliphatic hydroxyl groups excluding tert-OH is 1. The zero-order chi connectivity index (χ0) is 27.8. The van der Waals surface area contributed by atoms with Gasteiger partial charge in [0, 0.05) is 23.9 Å². The highest BCUT2D eigenvalue weighted by atomic mass is 35.5. The van der Waals surface area contributed by atoms with Crippen LogP contribution in [0.2, 0.25) is 5.02 Å². The van der Waals surface area contributed by atoms with E-state index < -0.39 is 62.1 Å². The van der Waals surface area contributed by atoms with Crippen molar-refractivity contribution in [3.05, 3.63) is 58.6 Å². The summed E-state index contributed by atoms with van der Waals surface area (Å²) in [4.78, 5) is 24.8. The zero-order valence-electron chi connectivity index (χ0n) is 20.6. The molecule has 2 saturated carbocycles. The molecule has 12 heteroatoms. The van der Waals surface area contributed by atoms with Crippen LogP contribution >= 0.6 is 11.6 Å². The number of benzene rings is 2. The first kappa shape index (κ1) is 28.4. The molecular formula is C26H29ClF2N2O6S. The average molecular weight is 571 g/mol. The fourth-order valence-electron chi connectivity index (χ4n) is 5.55. The van der Waals surface area contributed by atoms with Gasteiger partial charge in [0.2, 0.25) is 5.91 Å². The molecule has 8 nitrogen and oxygen atoms in total. The average Bonchev–Trinajstić information content (AvgIpc) is 3.00. The van der Waals surface area contributed by atoms with Gasteiger partial charge in [-0.15, -0.1) is 0 Å². The fraction of sp³-hybridized carbons (Fsp3) is 0.462. The molecule has 2 fully saturated rings. The van der Waals surface area contributed by atoms with Crippen molar-refractivity contribution in [2.24, 2.45) is 11.8 Å². The van der Waals surface area contributed by atoms with Crippen LogP contribution in [0.15, 0.2) is 41.3 Å². The van der Waals surface area contributed by atoms with Crippen molar-refractivity contribution < 1.29 is 37.0 Å². The van der Waals surface area contributed by atoms with E-state index in [-0.39, 0.29) is 47.0 Å². The highest BCUT2D eigenvalue weighted by Gasteiger charge is 2.56. The number of hydrogen-bond acceptors (Lipinski definition) is 6. The predicted octanol–water partition coefficient (Wildman–Crippen LogP) is 3.45. The first-order valence-electron chi connectivity index (χ1n) is 12.3. The van der Waals surface area contributed by atoms with Crippen LogP contribution in [-0.2, 0) is 14.6 Å². The second-order valence-electron chi connectivity index (χ2n) is 10.2. The van der Waals surface area contributed by atoms with Crippen molar-refractivity contribution in [2.45, 2.75) is 60.9 Å². The number of amides is 2. The van der Waals surface area contributed by atoms with Crippen LogP contribution in [0.3, 0.4) is 0 Å². The lowest BCUT2D eigenvalue weighted by atomic mass is 9.72. The molecule has 2 aromatic carbocycles. The van der Waals surface area contributed by atoms with E-state index in [9.17, 15) is 37.0 Å². The summed E-state index contributed by atoms with van der Waals surface area (Å²) in [6, 6.07) is 6.61. The van der Waals surface area contributed by atoms with Crippen molar-refractivity contribution >= 4 is 38.9 Å². The number of halogens is 3. The molecule has 2 aliphatic carbocycles. The summed E-state index contributed by atoms with van der Waals surface area (Å²) in [5.41, 5.74) is -1.39. The minimum atomic E-state index is -4.03. The molecule has 5 atom stereocenters. The van der Waals surface area contributed by atoms with E-state index in [0.29, 0.717) is 12.8 Å². The largest absolute Gasteiger partial charge is 0.392 e. The summed E-state index contributed by atoms with van der Waals surface area (Å²) < 4.78 is 54.0. The molecule has 4 N–H and O–H groups in total. The summed E-state index contributed by atoms with van der Waals surface area (Å²) >= 11 is 6.25. The van der Waals surface area contributed by atoms with Crippen molar-refractivity contribution in [1.82, 2.24) is 5.32 Å². The topological polar surface area (TPSA) is 133 Å². The summed E-state index contributed by atoms with van der Waals surface area (Å²) in [5, 5.41) is 24.8. The fourth-order valence-corrected chi connectivity index (χ4v) is 7.95. The lowest BCUT2D eigenvalue weighted by molar-refractivity contribution is -0.133. The summed E-state index contributed by atoms with van der Waals surface area (Å²) in [5.74, 6) is -4.19. The first-order valence-corrected chi connectivity index (χ1v) is 14.2. The standard InChI is InChI=1S/C26H29ClF2N2O6S/c1-14(32)13-30-24(33)12-26(35)16-3-4-17(26)10-19(9-16)38(36,37)23-8-15(2-6-20(23)27)25(34)31-18-5-7-21(28)22(29)11-18/h2,5-8,11,14,16-17,19,32,35H,3-4,9-10,12-13H2,1H3,(H,30,33)(H,31,34)/t14-,16+,17?,19+,26+/m0/s1. The Morgan fingerprint density at radius 2 is 1.76 bits per heavy atom. The van der Waals surface area contributed by atoms with Crippen molar-refractivity contribution in [2.75, 3.05) is 11.9 Å². The van der Waals surface area contributed by atoms with Gasteiger partial charge < -0.3 is 20.8 Å². The zero-order valence-corrected chi connectivity index (χ0v) is 22.2. The Morgan fingerprint density at radius 1 is 1.11 bits per heavy atom. The maximum atomic E-state index is 13.7. The molecule has 0 spiro atoms. The van der Waals surface area contributed by atoms with Gasteiger partial charge in [-0.3, -0.25) is 9.59 Å². The molecule has 0 heterocycles. The summed E-state index contributed by atoms with van der Waals surface area (Å²) in [6.07, 6.45) is 0.483. The molecule has 206 valence electrons. The van der Waals surface area contributed by atoms with Crippen LogP contribution in [0.1, 0.15) is 49.4 Å². The Balaban J connectivity index is 1.51. The predicted molar refractivity (Wildman–Crippen MR) is 136 cm³/mol. The van der Waals surface area contributed by atoms with Gasteiger partial charge in [-0.25, -0.2) is 17.2 Å². The smallest absolute Gasteiger partial charge is 0.255 e. The third-order valence-corrected chi connectivity index (χ3v) is 10.2. The Bertz CT molecular complexity index is 1340. The Hall–Kier alpha value is -2.60. The van der Waals surface area contributed by atoms with E-state index >= 15 is 0 Å². The minimum Gasteiger partial charge on any atom is -0.392 e. The molecule has 0 aromatic heterocycles. The van der Waals surface area contributed by atoms with Gasteiger partial charge in [-0.05, 0) is 74.8 Å². The number of rotatable bonds is 8. The van der Waals surface area contributed by atoms with Gasteiger partial charge in [0.15, 0.2) is 21.5 Å². The third-order valence-electron chi connectivity index (χ3n) is 7.53. The van der Waals surface area contributed by atoms with Gasteiger partial charge in [-0.1, -0.05) is 11.6 Å². The molecular weight excluding hydrogens is 542 g/mol. The molecule has 1 unspecified atom stereocenters. The van der Waals surface area contributed by atoms with E-state index in [1.54, 1.807) is 0 Å². The van der Waals surface area contributed by atoms with Crippen molar-refractivity contribution in [3.8, 4) is 0 Å². The number of hydrogen-bond donors (Lipinski definition) is 4. The number of anilines is 1. The first-order chi connectivity index (χ1) is 17.8. The molecule has 2 aliphatic rings. The number of sulfone groups is 1. The Morgan fingerprint density at radius 3 is 2.37 bits per heavy atom. The maximum Gasteiger partial charge on any atom is 0.255 e. The second kappa shape index (κ2) is 10.9. The van der Waals surface area contributed by atoms with Crippen molar-refractivity contribution in [3.63, 3.8) is 0 Å². The van der Waals surface area contributed by atoms with Gasteiger partial charge in [-0.2, -0.15) is 0 Å². The van der Waals surface area contributed by atoms with Crippen LogP contribution in [0.5, 0.6) is 0 Å². The van der Waals surface area contributed by atoms with E-state index in [1.165, 1.54) is 25.1 Å². The van der Waals surface area contributed by atoms with Gasteiger partial charge in [0.25, 0.3) is 5.91 Å². The lowest BCUT2D eigenvalue weighted by Gasteiger charge is -2.42. The number of carbonyl (C=O) groups is 2. The van der Waals surface area contributed by atoms with E-state index in [4.69, 9.17) is 11.6 Å². The third kappa shape index (κ3) is 5.70. The quantitative estimate of drug-likeness (QED) is 0.384. The molecule has 2 aromatic rings. The molecule has 38 heavy (non-hydrogen) atoms. The second-order valence-corrected chi connectivity index (χ2v) is 12.8. The number of aliphatic hydroxyl groups is 2. The Kier molecular flexibility index (Phi) is 8.13. The number of fused-ring (bicyclic) bond motifs is 2. The summed E-state index contributed by atoms with van der Waals surface area (Å²) in [7, 11) is -4.03. The normalized spacial score (nSPS) is 25.6. The molecule has 2 bridgehead atoms. The number of nitrogens with one attached hydrogen (secondary N) is 2. The highest BCUT2D eigenvalue weighted by Crippen LogP contribution is 2.53. The molecule has 2 amide bonds. The van der Waals surface area contributed by atoms with Crippen LogP contribution in [0, 0.1) is 23.5 Å². The van der Waals surface area contributed by atoms with Crippen LogP contribution in [-0.4, -0.2) is 53.9 Å². The maximum absolute atomic E-state index is 13.7. The molecule has 0 saturated heterocycles. The lowest BCUT2D eigenvalue weighted by Crippen LogP contribution is -2.51. The highest BCUT2D eigenvalue weighted by molar-refractivity contribution is 7.92.